The van der Waals surface area contributed by atoms with Crippen molar-refractivity contribution in [1.82, 2.24) is 0 Å². The molecule has 2 rings (SSSR count). The largest absolute Gasteiger partial charge is 0.461 e. The van der Waals surface area contributed by atoms with Gasteiger partial charge in [0.15, 0.2) is 6.10 Å². The summed E-state index contributed by atoms with van der Waals surface area (Å²) in [6.45, 7) is 2.12. The van der Waals surface area contributed by atoms with Crippen LogP contribution in [-0.2, 0) is 28.6 Å². The van der Waals surface area contributed by atoms with Crippen molar-refractivity contribution in [3.8, 4) is 0 Å². The zero-order valence-corrected chi connectivity index (χ0v) is 14.4. The first-order valence-corrected chi connectivity index (χ1v) is 9.06. The smallest absolute Gasteiger partial charge is 0.336 e. The van der Waals surface area contributed by atoms with E-state index in [1.54, 1.807) is 12.1 Å². The number of carbonyl (C=O) groups excluding carboxylic acids is 1. The van der Waals surface area contributed by atoms with Crippen LogP contribution in [0.25, 0.3) is 0 Å². The van der Waals surface area contributed by atoms with Gasteiger partial charge in [0.2, 0.25) is 0 Å². The van der Waals surface area contributed by atoms with Gasteiger partial charge in [0.25, 0.3) is 10.1 Å². The van der Waals surface area contributed by atoms with Crippen molar-refractivity contribution in [1.29, 1.82) is 0 Å². The van der Waals surface area contributed by atoms with Crippen molar-refractivity contribution in [3.63, 3.8) is 0 Å². The highest BCUT2D eigenvalue weighted by Gasteiger charge is 2.26. The number of benzene rings is 1. The average Bonchev–Trinajstić information content (AvgIpc) is 2.98. The zero-order valence-electron chi connectivity index (χ0n) is 12.0. The fourth-order valence-electron chi connectivity index (χ4n) is 1.95. The Morgan fingerprint density at radius 3 is 2.68 bits per heavy atom. The molecular weight excluding hydrogens is 376 g/mol. The van der Waals surface area contributed by atoms with Gasteiger partial charge >= 0.3 is 5.97 Å². The van der Waals surface area contributed by atoms with Gasteiger partial charge in [-0.05, 0) is 44.0 Å². The Hall–Kier alpha value is -0.960. The van der Waals surface area contributed by atoms with Crippen LogP contribution in [0.2, 0.25) is 0 Å². The predicted octanol–water partition coefficient (Wildman–Crippen LogP) is 2.27. The molecule has 2 atom stereocenters. The summed E-state index contributed by atoms with van der Waals surface area (Å²) in [5, 5.41) is 0. The monoisotopic (exact) mass is 392 g/mol. The summed E-state index contributed by atoms with van der Waals surface area (Å²) >= 11 is 3.22. The van der Waals surface area contributed by atoms with Gasteiger partial charge in [-0.2, -0.15) is 8.42 Å². The van der Waals surface area contributed by atoms with Crippen molar-refractivity contribution in [2.24, 2.45) is 0 Å². The van der Waals surface area contributed by atoms with Crippen LogP contribution in [0.3, 0.4) is 0 Å². The van der Waals surface area contributed by atoms with Gasteiger partial charge in [-0.1, -0.05) is 15.9 Å². The van der Waals surface area contributed by atoms with Crippen LogP contribution in [0.15, 0.2) is 33.6 Å². The number of rotatable bonds is 6. The minimum absolute atomic E-state index is 0.0190. The third-order valence-corrected chi connectivity index (χ3v) is 5.06. The maximum Gasteiger partial charge on any atom is 0.336 e. The number of hydrogen-bond acceptors (Lipinski definition) is 6. The molecule has 0 radical (unpaired) electrons. The van der Waals surface area contributed by atoms with Gasteiger partial charge in [0.1, 0.15) is 6.61 Å². The summed E-state index contributed by atoms with van der Waals surface area (Å²) in [7, 11) is -4.01. The lowest BCUT2D eigenvalue weighted by Gasteiger charge is -2.14. The molecule has 1 aromatic carbocycles. The molecule has 1 aliphatic heterocycles. The first-order chi connectivity index (χ1) is 10.4. The third-order valence-electron chi connectivity index (χ3n) is 3.14. The Bertz CT molecular complexity index is 607. The maximum atomic E-state index is 12.0. The van der Waals surface area contributed by atoms with Crippen LogP contribution in [0.4, 0.5) is 0 Å². The lowest BCUT2D eigenvalue weighted by molar-refractivity contribution is -0.154. The first-order valence-electron chi connectivity index (χ1n) is 6.85. The molecule has 8 heteroatoms. The number of ether oxygens (including phenoxy) is 2. The zero-order chi connectivity index (χ0) is 16.2. The number of esters is 1. The summed E-state index contributed by atoms with van der Waals surface area (Å²) in [6, 6.07) is 5.95. The van der Waals surface area contributed by atoms with E-state index in [9.17, 15) is 13.2 Å². The van der Waals surface area contributed by atoms with Gasteiger partial charge in [0.05, 0.1) is 11.0 Å². The van der Waals surface area contributed by atoms with E-state index in [0.29, 0.717) is 6.61 Å². The molecule has 122 valence electrons. The van der Waals surface area contributed by atoms with E-state index in [-0.39, 0.29) is 17.6 Å². The van der Waals surface area contributed by atoms with E-state index in [1.165, 1.54) is 19.1 Å². The second-order valence-electron chi connectivity index (χ2n) is 4.91. The fraction of sp³-hybridized carbons (Fsp3) is 0.500. The molecule has 1 heterocycles. The average molecular weight is 393 g/mol. The summed E-state index contributed by atoms with van der Waals surface area (Å²) in [4.78, 5) is 11.8. The van der Waals surface area contributed by atoms with Crippen LogP contribution in [-0.4, -0.2) is 39.8 Å². The molecular formula is C14H17BrO6S. The Kier molecular flexibility index (Phi) is 5.96. The van der Waals surface area contributed by atoms with Crippen molar-refractivity contribution < 1.29 is 26.9 Å². The molecule has 6 nitrogen and oxygen atoms in total. The summed E-state index contributed by atoms with van der Waals surface area (Å²) in [6.07, 6.45) is 0.445. The Labute approximate surface area is 138 Å². The molecule has 0 N–H and O–H groups in total. The van der Waals surface area contributed by atoms with Crippen molar-refractivity contribution in [2.75, 3.05) is 13.2 Å². The van der Waals surface area contributed by atoms with Crippen LogP contribution in [0.5, 0.6) is 0 Å². The van der Waals surface area contributed by atoms with Crippen LogP contribution in [0, 0.1) is 0 Å². The Morgan fingerprint density at radius 2 is 2.09 bits per heavy atom. The molecule has 1 aliphatic rings. The van der Waals surface area contributed by atoms with Crippen LogP contribution < -0.4 is 0 Å². The second-order valence-corrected chi connectivity index (χ2v) is 7.40. The number of hydrogen-bond donors (Lipinski definition) is 0. The van der Waals surface area contributed by atoms with Crippen molar-refractivity contribution in [2.45, 2.75) is 36.9 Å². The van der Waals surface area contributed by atoms with Gasteiger partial charge in [-0.3, -0.25) is 4.18 Å². The Morgan fingerprint density at radius 1 is 1.41 bits per heavy atom. The highest BCUT2D eigenvalue weighted by atomic mass is 79.9. The molecule has 0 aliphatic carbocycles. The van der Waals surface area contributed by atoms with Gasteiger partial charge in [-0.15, -0.1) is 0 Å². The molecule has 1 fully saturated rings. The predicted molar refractivity (Wildman–Crippen MR) is 81.8 cm³/mol. The molecule has 0 saturated carbocycles. The minimum atomic E-state index is -4.01. The van der Waals surface area contributed by atoms with E-state index >= 15 is 0 Å². The van der Waals surface area contributed by atoms with E-state index in [2.05, 4.69) is 15.9 Å². The van der Waals surface area contributed by atoms with Crippen LogP contribution in [0.1, 0.15) is 19.8 Å². The molecule has 0 amide bonds. The second kappa shape index (κ2) is 7.54. The number of halogens is 1. The Balaban J connectivity index is 1.90. The summed E-state index contributed by atoms with van der Waals surface area (Å²) in [5.41, 5.74) is 0. The molecule has 1 aromatic rings. The molecule has 1 saturated heterocycles. The minimum Gasteiger partial charge on any atom is -0.461 e. The van der Waals surface area contributed by atoms with Crippen molar-refractivity contribution >= 4 is 32.0 Å². The highest BCUT2D eigenvalue weighted by molar-refractivity contribution is 9.10. The summed E-state index contributed by atoms with van der Waals surface area (Å²) < 4.78 is 40.1. The van der Waals surface area contributed by atoms with Gasteiger partial charge in [-0.25, -0.2) is 4.79 Å². The molecule has 0 aromatic heterocycles. The van der Waals surface area contributed by atoms with E-state index < -0.39 is 22.2 Å². The lowest BCUT2D eigenvalue weighted by atomic mass is 10.2. The van der Waals surface area contributed by atoms with E-state index in [4.69, 9.17) is 13.7 Å². The van der Waals surface area contributed by atoms with E-state index in [0.717, 1.165) is 17.3 Å². The summed E-state index contributed by atoms with van der Waals surface area (Å²) in [5.74, 6) is -0.726. The van der Waals surface area contributed by atoms with Crippen LogP contribution >= 0.6 is 15.9 Å². The molecule has 2 unspecified atom stereocenters. The molecule has 0 spiro atoms. The lowest BCUT2D eigenvalue weighted by Crippen LogP contribution is -2.29. The normalized spacial score (nSPS) is 19.8. The van der Waals surface area contributed by atoms with Crippen molar-refractivity contribution in [3.05, 3.63) is 28.7 Å². The van der Waals surface area contributed by atoms with E-state index in [1.807, 2.05) is 0 Å². The number of carbonyl (C=O) groups is 1. The first kappa shape index (κ1) is 17.4. The molecule has 0 bridgehead atoms. The molecule has 22 heavy (non-hydrogen) atoms. The highest BCUT2D eigenvalue weighted by Crippen LogP contribution is 2.18. The fourth-order valence-corrected chi connectivity index (χ4v) is 3.26. The quantitative estimate of drug-likeness (QED) is 0.545. The topological polar surface area (TPSA) is 78.9 Å². The standard InChI is InChI=1S/C14H17BrO6S/c1-10(14(16)20-9-12-3-2-8-19-12)21-22(17,18)13-6-4-11(15)5-7-13/h4-7,10,12H,2-3,8-9H2,1H3. The third kappa shape index (κ3) is 4.77. The SMILES string of the molecule is CC(OS(=O)(=O)c1ccc(Br)cc1)C(=O)OCC1CCCO1. The van der Waals surface area contributed by atoms with Gasteiger partial charge < -0.3 is 9.47 Å². The maximum absolute atomic E-state index is 12.0. The van der Waals surface area contributed by atoms with Gasteiger partial charge in [0, 0.05) is 11.1 Å².